The van der Waals surface area contributed by atoms with Gasteiger partial charge in [0.15, 0.2) is 0 Å². The van der Waals surface area contributed by atoms with Crippen molar-refractivity contribution in [2.45, 2.75) is 6.18 Å². The first-order chi connectivity index (χ1) is 9.84. The smallest absolute Gasteiger partial charge is 0.416 e. The third-order valence-corrected chi connectivity index (χ3v) is 2.92. The van der Waals surface area contributed by atoms with E-state index >= 15 is 0 Å². The number of fused-ring (bicyclic) bond motifs is 1. The van der Waals surface area contributed by atoms with Gasteiger partial charge in [-0.3, -0.25) is 0 Å². The predicted molar refractivity (Wildman–Crippen MR) is 69.9 cm³/mol. The number of aromatic nitrogens is 3. The average molecular weight is 294 g/mol. The number of nitrogens with zero attached hydrogens (tertiary/aromatic N) is 3. The summed E-state index contributed by atoms with van der Waals surface area (Å²) in [6, 6.07) is 7.40. The van der Waals surface area contributed by atoms with Gasteiger partial charge in [0.05, 0.1) is 5.56 Å². The molecule has 0 radical (unpaired) electrons. The molecule has 108 valence electrons. The van der Waals surface area contributed by atoms with Gasteiger partial charge in [-0.15, -0.1) is 15.0 Å². The van der Waals surface area contributed by atoms with E-state index in [4.69, 9.17) is 5.73 Å². The molecule has 0 fully saturated rings. The topological polar surface area (TPSA) is 77.0 Å². The van der Waals surface area contributed by atoms with Crippen LogP contribution in [0.15, 0.2) is 36.4 Å². The van der Waals surface area contributed by atoms with Crippen LogP contribution in [0.2, 0.25) is 0 Å². The van der Waals surface area contributed by atoms with Crippen molar-refractivity contribution in [3.8, 4) is 11.4 Å². The van der Waals surface area contributed by atoms with Crippen LogP contribution in [0.3, 0.4) is 0 Å². The lowest BCUT2D eigenvalue weighted by Gasteiger charge is -2.04. The normalized spacial score (nSPS) is 12.0. The second kappa shape index (κ2) is 4.37. The van der Waals surface area contributed by atoms with Crippen LogP contribution in [0, 0.1) is 0 Å². The van der Waals surface area contributed by atoms with E-state index in [9.17, 15) is 18.3 Å². The molecule has 1 aromatic heterocycles. The van der Waals surface area contributed by atoms with Gasteiger partial charge in [-0.2, -0.15) is 13.2 Å². The summed E-state index contributed by atoms with van der Waals surface area (Å²) < 4.78 is 37.9. The van der Waals surface area contributed by atoms with Crippen LogP contribution >= 0.6 is 0 Å². The molecule has 0 saturated heterocycles. The Kier molecular flexibility index (Phi) is 2.75. The Morgan fingerprint density at radius 2 is 1.71 bits per heavy atom. The van der Waals surface area contributed by atoms with Crippen LogP contribution in [0.1, 0.15) is 5.56 Å². The largest absolute Gasteiger partial charge is 0.506 e. The highest BCUT2D eigenvalue weighted by atomic mass is 19.4. The minimum Gasteiger partial charge on any atom is -0.506 e. The van der Waals surface area contributed by atoms with Gasteiger partial charge in [-0.05, 0) is 30.3 Å². The molecule has 0 aliphatic carbocycles. The molecule has 1 heterocycles. The lowest BCUT2D eigenvalue weighted by Crippen LogP contribution is -2.04. The third-order valence-electron chi connectivity index (χ3n) is 2.92. The molecule has 0 bridgehead atoms. The molecule has 0 spiro atoms. The van der Waals surface area contributed by atoms with E-state index in [0.29, 0.717) is 11.2 Å². The number of benzene rings is 2. The molecular weight excluding hydrogens is 285 g/mol. The number of hydrogen-bond donors (Lipinski definition) is 2. The SMILES string of the molecule is Nc1ccc(-n2nc3ccc(C(F)(F)F)cc3n2)c(O)c1. The van der Waals surface area contributed by atoms with Crippen LogP contribution in [-0.4, -0.2) is 20.1 Å². The summed E-state index contributed by atoms with van der Waals surface area (Å²) in [4.78, 5) is 1.07. The van der Waals surface area contributed by atoms with Crippen molar-refractivity contribution in [1.29, 1.82) is 0 Å². The zero-order chi connectivity index (χ0) is 15.2. The highest BCUT2D eigenvalue weighted by molar-refractivity contribution is 5.75. The summed E-state index contributed by atoms with van der Waals surface area (Å²) in [6.45, 7) is 0. The Balaban J connectivity index is 2.13. The third kappa shape index (κ3) is 2.35. The van der Waals surface area contributed by atoms with Crippen molar-refractivity contribution in [1.82, 2.24) is 15.0 Å². The van der Waals surface area contributed by atoms with Crippen LogP contribution in [-0.2, 0) is 6.18 Å². The van der Waals surface area contributed by atoms with Crippen LogP contribution < -0.4 is 5.73 Å². The van der Waals surface area contributed by atoms with E-state index in [1.165, 1.54) is 24.3 Å². The van der Waals surface area contributed by atoms with Gasteiger partial charge in [-0.1, -0.05) is 0 Å². The lowest BCUT2D eigenvalue weighted by atomic mass is 10.2. The van der Waals surface area contributed by atoms with Crippen LogP contribution in [0.5, 0.6) is 5.75 Å². The van der Waals surface area contributed by atoms with Gasteiger partial charge < -0.3 is 10.8 Å². The van der Waals surface area contributed by atoms with E-state index in [0.717, 1.165) is 16.9 Å². The highest BCUT2D eigenvalue weighted by Crippen LogP contribution is 2.31. The van der Waals surface area contributed by atoms with E-state index in [2.05, 4.69) is 10.2 Å². The summed E-state index contributed by atoms with van der Waals surface area (Å²) in [7, 11) is 0. The van der Waals surface area contributed by atoms with Crippen molar-refractivity contribution in [3.05, 3.63) is 42.0 Å². The molecule has 5 nitrogen and oxygen atoms in total. The van der Waals surface area contributed by atoms with Crippen molar-refractivity contribution in [3.63, 3.8) is 0 Å². The quantitative estimate of drug-likeness (QED) is 0.676. The number of nitrogens with two attached hydrogens (primary N) is 1. The fourth-order valence-electron chi connectivity index (χ4n) is 1.91. The number of anilines is 1. The minimum atomic E-state index is -4.44. The Morgan fingerprint density at radius 1 is 1.00 bits per heavy atom. The molecule has 0 atom stereocenters. The molecule has 2 aromatic carbocycles. The Labute approximate surface area is 116 Å². The van der Waals surface area contributed by atoms with Crippen molar-refractivity contribution in [2.75, 3.05) is 5.73 Å². The number of aromatic hydroxyl groups is 1. The van der Waals surface area contributed by atoms with E-state index in [-0.39, 0.29) is 17.0 Å². The molecule has 3 aromatic rings. The highest BCUT2D eigenvalue weighted by Gasteiger charge is 2.30. The zero-order valence-corrected chi connectivity index (χ0v) is 10.5. The molecule has 0 aliphatic heterocycles. The lowest BCUT2D eigenvalue weighted by molar-refractivity contribution is -0.137. The predicted octanol–water partition coefficient (Wildman–Crippen LogP) is 2.73. The van der Waals surface area contributed by atoms with Gasteiger partial charge in [0.25, 0.3) is 0 Å². The van der Waals surface area contributed by atoms with Crippen LogP contribution in [0.4, 0.5) is 18.9 Å². The van der Waals surface area contributed by atoms with E-state index in [1.54, 1.807) is 0 Å². The summed E-state index contributed by atoms with van der Waals surface area (Å²) in [5, 5.41) is 17.8. The number of phenolic OH excluding ortho intramolecular Hbond substituents is 1. The number of rotatable bonds is 1. The maximum Gasteiger partial charge on any atom is 0.416 e. The molecule has 0 aliphatic rings. The van der Waals surface area contributed by atoms with E-state index < -0.39 is 11.7 Å². The second-order valence-electron chi connectivity index (χ2n) is 4.44. The van der Waals surface area contributed by atoms with Crippen molar-refractivity contribution >= 4 is 16.7 Å². The summed E-state index contributed by atoms with van der Waals surface area (Å²) in [5.74, 6) is -0.161. The number of hydrogen-bond acceptors (Lipinski definition) is 4. The molecule has 0 amide bonds. The Hall–Kier alpha value is -2.77. The number of halogens is 3. The van der Waals surface area contributed by atoms with Gasteiger partial charge in [0.1, 0.15) is 22.5 Å². The van der Waals surface area contributed by atoms with E-state index in [1.807, 2.05) is 0 Å². The molecule has 3 rings (SSSR count). The average Bonchev–Trinajstić information content (AvgIpc) is 2.79. The number of phenols is 1. The minimum absolute atomic E-state index is 0.0843. The molecule has 3 N–H and O–H groups in total. The molecule has 0 saturated carbocycles. The van der Waals surface area contributed by atoms with Crippen molar-refractivity contribution < 1.29 is 18.3 Å². The fourth-order valence-corrected chi connectivity index (χ4v) is 1.91. The maximum atomic E-state index is 12.6. The molecule has 8 heteroatoms. The van der Waals surface area contributed by atoms with Crippen molar-refractivity contribution in [2.24, 2.45) is 0 Å². The second-order valence-corrected chi connectivity index (χ2v) is 4.44. The fraction of sp³-hybridized carbons (Fsp3) is 0.0769. The first kappa shape index (κ1) is 13.2. The van der Waals surface area contributed by atoms with Crippen LogP contribution in [0.25, 0.3) is 16.7 Å². The molecule has 21 heavy (non-hydrogen) atoms. The summed E-state index contributed by atoms with van der Waals surface area (Å²) >= 11 is 0. The monoisotopic (exact) mass is 294 g/mol. The molecule has 0 unspecified atom stereocenters. The maximum absolute atomic E-state index is 12.6. The zero-order valence-electron chi connectivity index (χ0n) is 10.5. The Bertz CT molecular complexity index is 826. The van der Waals surface area contributed by atoms with Gasteiger partial charge in [0, 0.05) is 11.8 Å². The van der Waals surface area contributed by atoms with Gasteiger partial charge in [-0.25, -0.2) is 0 Å². The van der Waals surface area contributed by atoms with Gasteiger partial charge in [0.2, 0.25) is 0 Å². The number of alkyl halides is 3. The number of nitrogen functional groups attached to an aromatic ring is 1. The first-order valence-electron chi connectivity index (χ1n) is 5.88. The van der Waals surface area contributed by atoms with Gasteiger partial charge >= 0.3 is 6.18 Å². The summed E-state index contributed by atoms with van der Waals surface area (Å²) in [6.07, 6.45) is -4.44. The standard InChI is InChI=1S/C13H9F3N4O/c14-13(15,16)7-1-3-9-10(5-7)19-20(18-9)11-4-2-8(17)6-12(11)21/h1-6,21H,17H2. The summed E-state index contributed by atoms with van der Waals surface area (Å²) in [5.41, 5.74) is 5.67. The first-order valence-corrected chi connectivity index (χ1v) is 5.88. The Morgan fingerprint density at radius 3 is 2.38 bits per heavy atom. The molecular formula is C13H9F3N4O.